The summed E-state index contributed by atoms with van der Waals surface area (Å²) in [5.74, 6) is 0.495. The van der Waals surface area contributed by atoms with Crippen LogP contribution < -0.4 is 16.0 Å². The lowest BCUT2D eigenvalue weighted by atomic mass is 10.2. The maximum atomic E-state index is 14.2. The first-order valence-corrected chi connectivity index (χ1v) is 8.26. The Bertz CT molecular complexity index is 553. The molecule has 0 bridgehead atoms. The SMILES string of the molecule is NC(=NCc1cnc(N2CCOCC2)c(F)c1)NC1CCCC1. The summed E-state index contributed by atoms with van der Waals surface area (Å²) in [5.41, 5.74) is 6.61. The summed E-state index contributed by atoms with van der Waals surface area (Å²) in [7, 11) is 0. The number of aromatic nitrogens is 1. The average Bonchev–Trinajstić information content (AvgIpc) is 3.07. The molecule has 2 fully saturated rings. The number of pyridine rings is 1. The van der Waals surface area contributed by atoms with Gasteiger partial charge in [0.1, 0.15) is 0 Å². The van der Waals surface area contributed by atoms with Crippen molar-refractivity contribution < 1.29 is 9.13 Å². The number of guanidine groups is 1. The minimum absolute atomic E-state index is 0.318. The molecule has 2 aliphatic rings. The third kappa shape index (κ3) is 4.31. The van der Waals surface area contributed by atoms with Gasteiger partial charge in [0.25, 0.3) is 0 Å². The molecule has 3 rings (SSSR count). The first-order valence-electron chi connectivity index (χ1n) is 8.26. The Labute approximate surface area is 135 Å². The average molecular weight is 321 g/mol. The van der Waals surface area contributed by atoms with E-state index in [1.54, 1.807) is 6.20 Å². The largest absolute Gasteiger partial charge is 0.378 e. The number of nitrogens with two attached hydrogens (primary N) is 1. The fourth-order valence-electron chi connectivity index (χ4n) is 3.07. The second-order valence-electron chi connectivity index (χ2n) is 6.08. The topological polar surface area (TPSA) is 75.8 Å². The Hall–Kier alpha value is -1.89. The van der Waals surface area contributed by atoms with Crippen LogP contribution in [0.25, 0.3) is 0 Å². The van der Waals surface area contributed by atoms with Crippen molar-refractivity contribution in [3.05, 3.63) is 23.6 Å². The van der Waals surface area contributed by atoms with Gasteiger partial charge in [0.2, 0.25) is 0 Å². The summed E-state index contributed by atoms with van der Waals surface area (Å²) < 4.78 is 19.5. The van der Waals surface area contributed by atoms with Gasteiger partial charge in [0.05, 0.1) is 19.8 Å². The van der Waals surface area contributed by atoms with Crippen LogP contribution in [0.5, 0.6) is 0 Å². The number of hydrogen-bond acceptors (Lipinski definition) is 4. The number of nitrogens with one attached hydrogen (secondary N) is 1. The van der Waals surface area contributed by atoms with Gasteiger partial charge in [-0.15, -0.1) is 0 Å². The lowest BCUT2D eigenvalue weighted by Crippen LogP contribution is -2.38. The van der Waals surface area contributed by atoms with E-state index in [1.807, 2.05) is 4.90 Å². The van der Waals surface area contributed by atoms with Gasteiger partial charge in [-0.2, -0.15) is 0 Å². The van der Waals surface area contributed by atoms with Crippen LogP contribution in [0.4, 0.5) is 10.2 Å². The quantitative estimate of drug-likeness (QED) is 0.648. The van der Waals surface area contributed by atoms with E-state index in [0.717, 1.165) is 18.4 Å². The molecule has 1 aliphatic heterocycles. The molecule has 0 spiro atoms. The highest BCUT2D eigenvalue weighted by Crippen LogP contribution is 2.19. The van der Waals surface area contributed by atoms with E-state index >= 15 is 0 Å². The van der Waals surface area contributed by atoms with Crippen molar-refractivity contribution in [2.24, 2.45) is 10.7 Å². The van der Waals surface area contributed by atoms with Crippen LogP contribution in [-0.4, -0.2) is 43.3 Å². The van der Waals surface area contributed by atoms with Crippen LogP contribution in [0.3, 0.4) is 0 Å². The summed E-state index contributed by atoms with van der Waals surface area (Å²) in [4.78, 5) is 10.4. The molecule has 1 aromatic heterocycles. The Morgan fingerprint density at radius 2 is 2.13 bits per heavy atom. The summed E-state index contributed by atoms with van der Waals surface area (Å²) >= 11 is 0. The van der Waals surface area contributed by atoms with Crippen LogP contribution >= 0.6 is 0 Å². The molecule has 0 amide bonds. The predicted molar refractivity (Wildman–Crippen MR) is 87.9 cm³/mol. The fourth-order valence-corrected chi connectivity index (χ4v) is 3.07. The van der Waals surface area contributed by atoms with Gasteiger partial charge in [0.15, 0.2) is 17.6 Å². The molecule has 0 radical (unpaired) electrons. The first-order chi connectivity index (χ1) is 11.2. The van der Waals surface area contributed by atoms with Gasteiger partial charge in [-0.25, -0.2) is 14.4 Å². The zero-order chi connectivity index (χ0) is 16.1. The molecule has 2 heterocycles. The number of anilines is 1. The summed E-state index contributed by atoms with van der Waals surface area (Å²) in [6, 6.07) is 1.92. The molecular formula is C16H24FN5O. The molecule has 1 saturated heterocycles. The van der Waals surface area contributed by atoms with Crippen LogP contribution in [0.15, 0.2) is 17.3 Å². The van der Waals surface area contributed by atoms with Gasteiger partial charge >= 0.3 is 0 Å². The Kier molecular flexibility index (Phi) is 5.27. The first kappa shape index (κ1) is 16.0. The third-order valence-corrected chi connectivity index (χ3v) is 4.33. The number of morpholine rings is 1. The number of rotatable bonds is 4. The molecule has 0 atom stereocenters. The highest BCUT2D eigenvalue weighted by atomic mass is 19.1. The van der Waals surface area contributed by atoms with Gasteiger partial charge < -0.3 is 20.7 Å². The smallest absolute Gasteiger partial charge is 0.189 e. The molecule has 3 N–H and O–H groups in total. The molecule has 126 valence electrons. The Balaban J connectivity index is 1.58. The van der Waals surface area contributed by atoms with Gasteiger partial charge in [0, 0.05) is 25.3 Å². The highest BCUT2D eigenvalue weighted by Gasteiger charge is 2.17. The molecule has 0 aromatic carbocycles. The van der Waals surface area contributed by atoms with Crippen molar-refractivity contribution in [1.29, 1.82) is 0 Å². The summed E-state index contributed by atoms with van der Waals surface area (Å²) in [6.07, 6.45) is 6.42. The maximum absolute atomic E-state index is 14.2. The standard InChI is InChI=1S/C16H24FN5O/c17-14-9-12(10-19-15(14)22-5-7-23-8-6-22)11-20-16(18)21-13-3-1-2-4-13/h9-10,13H,1-8,11H2,(H3,18,20,21). The van der Waals surface area contributed by atoms with E-state index in [4.69, 9.17) is 10.5 Å². The van der Waals surface area contributed by atoms with Crippen molar-refractivity contribution in [2.75, 3.05) is 31.2 Å². The maximum Gasteiger partial charge on any atom is 0.189 e. The van der Waals surface area contributed by atoms with Gasteiger partial charge in [-0.05, 0) is 24.5 Å². The molecule has 6 nitrogen and oxygen atoms in total. The second-order valence-corrected chi connectivity index (χ2v) is 6.08. The predicted octanol–water partition coefficient (Wildman–Crippen LogP) is 1.40. The van der Waals surface area contributed by atoms with E-state index in [2.05, 4.69) is 15.3 Å². The molecule has 7 heteroatoms. The van der Waals surface area contributed by atoms with Crippen molar-refractivity contribution in [1.82, 2.24) is 10.3 Å². The Morgan fingerprint density at radius 1 is 1.39 bits per heavy atom. The summed E-state index contributed by atoms with van der Waals surface area (Å²) in [5, 5.41) is 3.22. The molecule has 23 heavy (non-hydrogen) atoms. The normalized spacial score (nSPS) is 20.0. The number of hydrogen-bond donors (Lipinski definition) is 2. The van der Waals surface area contributed by atoms with E-state index in [0.29, 0.717) is 50.7 Å². The lowest BCUT2D eigenvalue weighted by molar-refractivity contribution is 0.122. The molecule has 1 aromatic rings. The van der Waals surface area contributed by atoms with Crippen LogP contribution in [0, 0.1) is 5.82 Å². The lowest BCUT2D eigenvalue weighted by Gasteiger charge is -2.28. The minimum Gasteiger partial charge on any atom is -0.378 e. The number of halogens is 1. The van der Waals surface area contributed by atoms with Gasteiger partial charge in [-0.1, -0.05) is 12.8 Å². The van der Waals surface area contributed by atoms with Crippen LogP contribution in [0.2, 0.25) is 0 Å². The zero-order valence-corrected chi connectivity index (χ0v) is 13.3. The van der Waals surface area contributed by atoms with Gasteiger partial charge in [-0.3, -0.25) is 0 Å². The fraction of sp³-hybridized carbons (Fsp3) is 0.625. The van der Waals surface area contributed by atoms with Crippen LogP contribution in [-0.2, 0) is 11.3 Å². The van der Waals surface area contributed by atoms with E-state index in [1.165, 1.54) is 18.9 Å². The summed E-state index contributed by atoms with van der Waals surface area (Å²) in [6.45, 7) is 2.88. The Morgan fingerprint density at radius 3 is 2.83 bits per heavy atom. The van der Waals surface area contributed by atoms with E-state index in [-0.39, 0.29) is 5.82 Å². The van der Waals surface area contributed by atoms with Crippen molar-refractivity contribution >= 4 is 11.8 Å². The van der Waals surface area contributed by atoms with Crippen molar-refractivity contribution in [3.8, 4) is 0 Å². The monoisotopic (exact) mass is 321 g/mol. The second kappa shape index (κ2) is 7.59. The molecule has 1 saturated carbocycles. The molecule has 1 aliphatic carbocycles. The number of ether oxygens (including phenoxy) is 1. The van der Waals surface area contributed by atoms with E-state index < -0.39 is 0 Å². The van der Waals surface area contributed by atoms with E-state index in [9.17, 15) is 4.39 Å². The zero-order valence-electron chi connectivity index (χ0n) is 13.3. The minimum atomic E-state index is -0.318. The number of aliphatic imine (C=N–C) groups is 1. The van der Waals surface area contributed by atoms with Crippen LogP contribution in [0.1, 0.15) is 31.2 Å². The highest BCUT2D eigenvalue weighted by molar-refractivity contribution is 5.78. The number of nitrogens with zero attached hydrogens (tertiary/aromatic N) is 3. The molecule has 0 unspecified atom stereocenters. The molecular weight excluding hydrogens is 297 g/mol. The van der Waals surface area contributed by atoms with Crippen molar-refractivity contribution in [3.63, 3.8) is 0 Å². The van der Waals surface area contributed by atoms with Crippen molar-refractivity contribution in [2.45, 2.75) is 38.3 Å². The third-order valence-electron chi connectivity index (χ3n) is 4.33.